The van der Waals surface area contributed by atoms with Crippen molar-refractivity contribution in [2.24, 2.45) is 0 Å². The molecule has 0 spiro atoms. The third-order valence-corrected chi connectivity index (χ3v) is 7.23. The van der Waals surface area contributed by atoms with Crippen LogP contribution in [0.4, 0.5) is 0 Å². The van der Waals surface area contributed by atoms with Crippen LogP contribution in [0.25, 0.3) is 21.9 Å². The molecule has 1 aromatic heterocycles. The molecule has 0 saturated carbocycles. The van der Waals surface area contributed by atoms with Gasteiger partial charge in [0.15, 0.2) is 0 Å². The number of para-hydroxylation sites is 2. The number of nitrogens with one attached hydrogen (secondary N) is 1. The number of dihydropyridines is 1. The standard InChI is InChI=1S/C31H34N2O7/c1-18(2)39-31(36)26-20(4)32-19(3)25(30(35)38-17-14-33-12-15-37-16-13-33)27(26)22-9-7-10-23-28(34)21-8-5-6-11-24(21)40-29(22)23/h5-11,18,27,32H,12-17H2,1-4H3. The molecule has 0 bridgehead atoms. The van der Waals surface area contributed by atoms with Crippen LogP contribution in [0.2, 0.25) is 0 Å². The normalized spacial score (nSPS) is 18.4. The number of morpholine rings is 1. The molecule has 1 unspecified atom stereocenters. The third-order valence-electron chi connectivity index (χ3n) is 7.23. The number of hydrogen-bond donors (Lipinski definition) is 1. The Kier molecular flexibility index (Phi) is 8.04. The highest BCUT2D eigenvalue weighted by molar-refractivity contribution is 6.02. The van der Waals surface area contributed by atoms with E-state index < -0.39 is 17.9 Å². The van der Waals surface area contributed by atoms with E-state index >= 15 is 0 Å². The fourth-order valence-corrected chi connectivity index (χ4v) is 5.37. The summed E-state index contributed by atoms with van der Waals surface area (Å²) in [4.78, 5) is 42.8. The van der Waals surface area contributed by atoms with Crippen molar-refractivity contribution in [2.75, 3.05) is 39.5 Å². The molecule has 1 N–H and O–H groups in total. The van der Waals surface area contributed by atoms with Gasteiger partial charge < -0.3 is 23.9 Å². The first-order valence-corrected chi connectivity index (χ1v) is 13.6. The molecule has 2 aliphatic heterocycles. The lowest BCUT2D eigenvalue weighted by atomic mass is 9.79. The molecule has 3 heterocycles. The van der Waals surface area contributed by atoms with E-state index in [0.29, 0.717) is 58.7 Å². The molecule has 0 amide bonds. The molecule has 40 heavy (non-hydrogen) atoms. The molecular formula is C31H34N2O7. The molecule has 1 atom stereocenters. The largest absolute Gasteiger partial charge is 0.461 e. The fraction of sp³-hybridized carbons (Fsp3) is 0.387. The summed E-state index contributed by atoms with van der Waals surface area (Å²) >= 11 is 0. The summed E-state index contributed by atoms with van der Waals surface area (Å²) in [7, 11) is 0. The first-order chi connectivity index (χ1) is 19.3. The van der Waals surface area contributed by atoms with Crippen LogP contribution in [0.5, 0.6) is 0 Å². The highest BCUT2D eigenvalue weighted by Crippen LogP contribution is 2.42. The highest BCUT2D eigenvalue weighted by atomic mass is 16.5. The first kappa shape index (κ1) is 27.6. The number of carbonyl (C=O) groups is 2. The molecule has 1 saturated heterocycles. The van der Waals surface area contributed by atoms with Crippen molar-refractivity contribution in [3.8, 4) is 0 Å². The topological polar surface area (TPSA) is 107 Å². The quantitative estimate of drug-likeness (QED) is 0.347. The van der Waals surface area contributed by atoms with Crippen LogP contribution in [-0.2, 0) is 23.8 Å². The molecule has 1 fully saturated rings. The maximum Gasteiger partial charge on any atom is 0.337 e. The molecule has 5 rings (SSSR count). The van der Waals surface area contributed by atoms with Crippen LogP contribution in [0.3, 0.4) is 0 Å². The van der Waals surface area contributed by atoms with Crippen molar-refractivity contribution in [3.05, 3.63) is 80.8 Å². The van der Waals surface area contributed by atoms with Crippen molar-refractivity contribution < 1.29 is 28.2 Å². The summed E-state index contributed by atoms with van der Waals surface area (Å²) in [6.45, 7) is 10.7. The predicted octanol–water partition coefficient (Wildman–Crippen LogP) is 4.01. The Morgan fingerprint density at radius 2 is 1.65 bits per heavy atom. The number of rotatable bonds is 7. The van der Waals surface area contributed by atoms with E-state index in [1.165, 1.54) is 0 Å². The average Bonchev–Trinajstić information content (AvgIpc) is 2.92. The van der Waals surface area contributed by atoms with Crippen LogP contribution < -0.4 is 10.7 Å². The lowest BCUT2D eigenvalue weighted by Crippen LogP contribution is -2.39. The Hall–Kier alpha value is -3.95. The smallest absolute Gasteiger partial charge is 0.337 e. The summed E-state index contributed by atoms with van der Waals surface area (Å²) < 4.78 is 23.1. The fourth-order valence-electron chi connectivity index (χ4n) is 5.37. The van der Waals surface area contributed by atoms with Gasteiger partial charge in [0.05, 0.1) is 47.2 Å². The van der Waals surface area contributed by atoms with Crippen LogP contribution in [-0.4, -0.2) is 62.4 Å². The zero-order valence-corrected chi connectivity index (χ0v) is 23.2. The average molecular weight is 547 g/mol. The zero-order chi connectivity index (χ0) is 28.4. The van der Waals surface area contributed by atoms with Crippen molar-refractivity contribution in [2.45, 2.75) is 39.7 Å². The van der Waals surface area contributed by atoms with Gasteiger partial charge in [-0.25, -0.2) is 9.59 Å². The van der Waals surface area contributed by atoms with Gasteiger partial charge in [-0.2, -0.15) is 0 Å². The van der Waals surface area contributed by atoms with Crippen molar-refractivity contribution >= 4 is 33.9 Å². The first-order valence-electron chi connectivity index (χ1n) is 13.6. The number of carbonyl (C=O) groups excluding carboxylic acids is 2. The summed E-state index contributed by atoms with van der Waals surface area (Å²) in [6, 6.07) is 12.2. The van der Waals surface area contributed by atoms with Crippen LogP contribution in [0.15, 0.2) is 74.2 Å². The molecule has 9 heteroatoms. The number of ether oxygens (including phenoxy) is 3. The van der Waals surface area contributed by atoms with Gasteiger partial charge in [0.2, 0.25) is 5.43 Å². The summed E-state index contributed by atoms with van der Waals surface area (Å²) in [5.74, 6) is -1.99. The van der Waals surface area contributed by atoms with Crippen molar-refractivity contribution in [1.82, 2.24) is 10.2 Å². The number of esters is 2. The molecule has 210 valence electrons. The van der Waals surface area contributed by atoms with Gasteiger partial charge in [0.1, 0.15) is 17.8 Å². The Labute approximate surface area is 232 Å². The maximum absolute atomic E-state index is 13.7. The summed E-state index contributed by atoms with van der Waals surface area (Å²) in [5.41, 5.74) is 2.70. The summed E-state index contributed by atoms with van der Waals surface area (Å²) in [6.07, 6.45) is -0.376. The second-order valence-electron chi connectivity index (χ2n) is 10.3. The molecule has 2 aliphatic rings. The van der Waals surface area contributed by atoms with Gasteiger partial charge in [-0.05, 0) is 45.9 Å². The van der Waals surface area contributed by atoms with E-state index in [1.807, 2.05) is 0 Å². The number of benzene rings is 2. The van der Waals surface area contributed by atoms with Gasteiger partial charge in [0.25, 0.3) is 0 Å². The van der Waals surface area contributed by atoms with Gasteiger partial charge in [-0.3, -0.25) is 9.69 Å². The zero-order valence-electron chi connectivity index (χ0n) is 23.2. The third kappa shape index (κ3) is 5.39. The number of allylic oxidation sites excluding steroid dienone is 2. The Morgan fingerprint density at radius 3 is 2.38 bits per heavy atom. The SMILES string of the molecule is CC1=C(C(=O)OCCN2CCOCC2)C(c2cccc3c(=O)c4ccccc4oc23)C(C(=O)OC(C)C)=C(C)N1. The lowest BCUT2D eigenvalue weighted by molar-refractivity contribution is -0.143. The second kappa shape index (κ2) is 11.7. The Balaban J connectivity index is 1.61. The minimum atomic E-state index is -0.878. The van der Waals surface area contributed by atoms with E-state index in [1.54, 1.807) is 70.2 Å². The minimum Gasteiger partial charge on any atom is -0.461 e. The Morgan fingerprint density at radius 1 is 0.975 bits per heavy atom. The monoisotopic (exact) mass is 546 g/mol. The van der Waals surface area contributed by atoms with Crippen LogP contribution in [0, 0.1) is 0 Å². The number of nitrogens with zero attached hydrogens (tertiary/aromatic N) is 1. The minimum absolute atomic E-state index is 0.185. The van der Waals surface area contributed by atoms with Gasteiger partial charge in [-0.15, -0.1) is 0 Å². The van der Waals surface area contributed by atoms with Gasteiger partial charge in [-0.1, -0.05) is 24.3 Å². The van der Waals surface area contributed by atoms with Crippen LogP contribution in [0.1, 0.15) is 39.2 Å². The van der Waals surface area contributed by atoms with Gasteiger partial charge in [0, 0.05) is 36.6 Å². The van der Waals surface area contributed by atoms with Crippen molar-refractivity contribution in [1.29, 1.82) is 0 Å². The van der Waals surface area contributed by atoms with E-state index in [2.05, 4.69) is 10.2 Å². The molecule has 0 aliphatic carbocycles. The molecule has 3 aromatic rings. The highest BCUT2D eigenvalue weighted by Gasteiger charge is 2.39. The van der Waals surface area contributed by atoms with Crippen LogP contribution >= 0.6 is 0 Å². The van der Waals surface area contributed by atoms with Crippen molar-refractivity contribution in [3.63, 3.8) is 0 Å². The maximum atomic E-state index is 13.7. The molecule has 2 aromatic carbocycles. The van der Waals surface area contributed by atoms with E-state index in [0.717, 1.165) is 13.1 Å². The van der Waals surface area contributed by atoms with E-state index in [9.17, 15) is 14.4 Å². The number of fused-ring (bicyclic) bond motifs is 2. The van der Waals surface area contributed by atoms with Gasteiger partial charge >= 0.3 is 11.9 Å². The lowest BCUT2D eigenvalue weighted by Gasteiger charge is -2.31. The second-order valence-corrected chi connectivity index (χ2v) is 10.3. The molecule has 9 nitrogen and oxygen atoms in total. The number of hydrogen-bond acceptors (Lipinski definition) is 9. The predicted molar refractivity (Wildman–Crippen MR) is 151 cm³/mol. The van der Waals surface area contributed by atoms with E-state index in [4.69, 9.17) is 18.6 Å². The molecule has 0 radical (unpaired) electrons. The van der Waals surface area contributed by atoms with E-state index in [-0.39, 0.29) is 29.3 Å². The molecular weight excluding hydrogens is 512 g/mol. The summed E-state index contributed by atoms with van der Waals surface area (Å²) in [5, 5.41) is 4.00. The Bertz CT molecular complexity index is 1580.